The number of halogens is 1. The first kappa shape index (κ1) is 13.3. The first-order chi connectivity index (χ1) is 8.74. The molecule has 1 heterocycles. The number of aromatic nitrogens is 1. The van der Waals surface area contributed by atoms with Crippen LogP contribution >= 0.6 is 15.9 Å². The molecule has 5 heteroatoms. The molecule has 0 aromatic carbocycles. The first-order valence-electron chi connectivity index (χ1n) is 6.28. The van der Waals surface area contributed by atoms with Gasteiger partial charge in [-0.1, -0.05) is 19.3 Å². The number of pyridine rings is 1. The summed E-state index contributed by atoms with van der Waals surface area (Å²) in [6.07, 6.45) is 7.48. The number of hydrogen-bond donors (Lipinski definition) is 1. The summed E-state index contributed by atoms with van der Waals surface area (Å²) in [5.41, 5.74) is 0. The van der Waals surface area contributed by atoms with Crippen LogP contribution in [0.3, 0.4) is 0 Å². The summed E-state index contributed by atoms with van der Waals surface area (Å²) in [4.78, 5) is 15.7. The fraction of sp³-hybridized carbons (Fsp3) is 0.538. The molecule has 98 valence electrons. The predicted molar refractivity (Wildman–Crippen MR) is 72.4 cm³/mol. The Morgan fingerprint density at radius 2 is 2.17 bits per heavy atom. The Bertz CT molecular complexity index is 388. The fourth-order valence-corrected chi connectivity index (χ4v) is 2.35. The lowest BCUT2D eigenvalue weighted by atomic mass is 9.95. The molecule has 2 rings (SSSR count). The van der Waals surface area contributed by atoms with Gasteiger partial charge in [-0.25, -0.2) is 4.98 Å². The Morgan fingerprint density at radius 1 is 1.39 bits per heavy atom. The molecule has 18 heavy (non-hydrogen) atoms. The number of nitrogens with zero attached hydrogens (tertiary/aromatic N) is 1. The third kappa shape index (κ3) is 4.29. The highest BCUT2D eigenvalue weighted by molar-refractivity contribution is 9.10. The van der Waals surface area contributed by atoms with Crippen molar-refractivity contribution in [1.82, 2.24) is 10.3 Å². The predicted octanol–water partition coefficient (Wildman–Crippen LogP) is 2.67. The second-order valence-corrected chi connectivity index (χ2v) is 5.32. The molecule has 1 aromatic rings. The number of carbonyl (C=O) groups excluding carboxylic acids is 1. The van der Waals surface area contributed by atoms with Gasteiger partial charge in [-0.15, -0.1) is 0 Å². The van der Waals surface area contributed by atoms with Gasteiger partial charge in [-0.2, -0.15) is 0 Å². The van der Waals surface area contributed by atoms with Crippen molar-refractivity contribution in [2.75, 3.05) is 6.61 Å². The van der Waals surface area contributed by atoms with Gasteiger partial charge in [0.2, 0.25) is 0 Å². The van der Waals surface area contributed by atoms with Crippen molar-refractivity contribution in [2.45, 2.75) is 38.1 Å². The van der Waals surface area contributed by atoms with Gasteiger partial charge in [-0.3, -0.25) is 4.79 Å². The van der Waals surface area contributed by atoms with Crippen LogP contribution in [0.5, 0.6) is 5.75 Å². The average Bonchev–Trinajstić information content (AvgIpc) is 2.39. The van der Waals surface area contributed by atoms with E-state index in [2.05, 4.69) is 26.2 Å². The smallest absolute Gasteiger partial charge is 0.258 e. The highest BCUT2D eigenvalue weighted by atomic mass is 79.9. The zero-order valence-electron chi connectivity index (χ0n) is 10.2. The van der Waals surface area contributed by atoms with Crippen molar-refractivity contribution in [1.29, 1.82) is 0 Å². The topological polar surface area (TPSA) is 51.2 Å². The fourth-order valence-electron chi connectivity index (χ4n) is 2.11. The highest BCUT2D eigenvalue weighted by Gasteiger charge is 2.15. The minimum absolute atomic E-state index is 0.0511. The molecule has 1 aromatic heterocycles. The van der Waals surface area contributed by atoms with Gasteiger partial charge in [0, 0.05) is 6.04 Å². The van der Waals surface area contributed by atoms with Gasteiger partial charge in [0.05, 0.1) is 6.20 Å². The van der Waals surface area contributed by atoms with Gasteiger partial charge in [0.15, 0.2) is 6.61 Å². The molecule has 1 aliphatic carbocycles. The normalized spacial score (nSPS) is 16.3. The van der Waals surface area contributed by atoms with Gasteiger partial charge in [0.25, 0.3) is 5.91 Å². The van der Waals surface area contributed by atoms with Crippen molar-refractivity contribution in [3.05, 3.63) is 22.9 Å². The largest absolute Gasteiger partial charge is 0.482 e. The van der Waals surface area contributed by atoms with Crippen molar-refractivity contribution >= 4 is 21.8 Å². The molecule has 1 fully saturated rings. The number of rotatable bonds is 4. The zero-order chi connectivity index (χ0) is 12.8. The molecular formula is C13H17BrN2O2. The first-order valence-corrected chi connectivity index (χ1v) is 7.07. The number of carbonyl (C=O) groups is 1. The summed E-state index contributed by atoms with van der Waals surface area (Å²) in [5, 5.41) is 3.01. The monoisotopic (exact) mass is 312 g/mol. The lowest BCUT2D eigenvalue weighted by molar-refractivity contribution is -0.124. The van der Waals surface area contributed by atoms with Crippen LogP contribution in [0.4, 0.5) is 0 Å². The van der Waals surface area contributed by atoms with E-state index in [1.54, 1.807) is 18.3 Å². The van der Waals surface area contributed by atoms with E-state index >= 15 is 0 Å². The Morgan fingerprint density at radius 3 is 2.83 bits per heavy atom. The number of amides is 1. The Labute approximate surface area is 115 Å². The summed E-state index contributed by atoms with van der Waals surface area (Å²) in [5.74, 6) is 0.557. The number of hydrogen-bond acceptors (Lipinski definition) is 3. The van der Waals surface area contributed by atoms with Gasteiger partial charge >= 0.3 is 0 Å². The minimum atomic E-state index is -0.0511. The van der Waals surface area contributed by atoms with E-state index in [1.807, 2.05) is 0 Å². The molecule has 4 nitrogen and oxygen atoms in total. The van der Waals surface area contributed by atoms with Crippen molar-refractivity contribution < 1.29 is 9.53 Å². The molecule has 0 aliphatic heterocycles. The molecule has 0 unspecified atom stereocenters. The lowest BCUT2D eigenvalue weighted by Gasteiger charge is -2.22. The number of nitrogens with one attached hydrogen (secondary N) is 1. The van der Waals surface area contributed by atoms with E-state index in [1.165, 1.54) is 19.3 Å². The molecule has 1 amide bonds. The lowest BCUT2D eigenvalue weighted by Crippen LogP contribution is -2.38. The number of ether oxygens (including phenoxy) is 1. The van der Waals surface area contributed by atoms with Gasteiger partial charge in [-0.05, 0) is 40.9 Å². The second-order valence-electron chi connectivity index (χ2n) is 4.51. The summed E-state index contributed by atoms with van der Waals surface area (Å²) in [6.45, 7) is 0.0554. The van der Waals surface area contributed by atoms with Gasteiger partial charge < -0.3 is 10.1 Å². The summed E-state index contributed by atoms with van der Waals surface area (Å²) >= 11 is 3.25. The summed E-state index contributed by atoms with van der Waals surface area (Å²) in [6, 6.07) is 3.90. The van der Waals surface area contributed by atoms with Crippen LogP contribution in [0.2, 0.25) is 0 Å². The molecule has 0 spiro atoms. The molecule has 0 radical (unpaired) electrons. The highest BCUT2D eigenvalue weighted by Crippen LogP contribution is 2.17. The van der Waals surface area contributed by atoms with E-state index in [0.29, 0.717) is 11.8 Å². The van der Waals surface area contributed by atoms with E-state index < -0.39 is 0 Å². The van der Waals surface area contributed by atoms with Crippen LogP contribution in [0.1, 0.15) is 32.1 Å². The van der Waals surface area contributed by atoms with Crippen LogP contribution in [0.15, 0.2) is 22.9 Å². The van der Waals surface area contributed by atoms with Crippen molar-refractivity contribution in [3.63, 3.8) is 0 Å². The Kier molecular flexibility index (Phi) is 4.99. The average molecular weight is 313 g/mol. The third-order valence-corrected chi connectivity index (χ3v) is 3.51. The molecule has 1 N–H and O–H groups in total. The molecule has 0 bridgehead atoms. The minimum Gasteiger partial charge on any atom is -0.482 e. The van der Waals surface area contributed by atoms with Crippen molar-refractivity contribution in [3.8, 4) is 5.75 Å². The SMILES string of the molecule is O=C(COc1ccc(Br)nc1)NC1CCCCC1. The van der Waals surface area contributed by atoms with E-state index in [4.69, 9.17) is 4.74 Å². The zero-order valence-corrected chi connectivity index (χ0v) is 11.8. The molecule has 1 saturated carbocycles. The Hall–Kier alpha value is -1.10. The second kappa shape index (κ2) is 6.73. The van der Waals surface area contributed by atoms with Crippen LogP contribution < -0.4 is 10.1 Å². The molecular weight excluding hydrogens is 296 g/mol. The quantitative estimate of drug-likeness (QED) is 0.870. The maximum Gasteiger partial charge on any atom is 0.258 e. The maximum absolute atomic E-state index is 11.7. The van der Waals surface area contributed by atoms with Crippen LogP contribution in [-0.2, 0) is 4.79 Å². The van der Waals surface area contributed by atoms with E-state index in [0.717, 1.165) is 17.4 Å². The van der Waals surface area contributed by atoms with Crippen LogP contribution in [0, 0.1) is 0 Å². The van der Waals surface area contributed by atoms with E-state index in [-0.39, 0.29) is 12.5 Å². The molecule has 0 saturated heterocycles. The molecule has 0 atom stereocenters. The van der Waals surface area contributed by atoms with Crippen LogP contribution in [-0.4, -0.2) is 23.5 Å². The molecule has 1 aliphatic rings. The Balaban J connectivity index is 1.72. The van der Waals surface area contributed by atoms with Crippen molar-refractivity contribution in [2.24, 2.45) is 0 Å². The summed E-state index contributed by atoms with van der Waals surface area (Å²) in [7, 11) is 0. The van der Waals surface area contributed by atoms with Gasteiger partial charge in [0.1, 0.15) is 10.4 Å². The standard InChI is InChI=1S/C13H17BrN2O2/c14-12-7-6-11(8-15-12)18-9-13(17)16-10-4-2-1-3-5-10/h6-8,10H,1-5,9H2,(H,16,17). The third-order valence-electron chi connectivity index (χ3n) is 3.04. The van der Waals surface area contributed by atoms with Crippen LogP contribution in [0.25, 0.3) is 0 Å². The maximum atomic E-state index is 11.7. The summed E-state index contributed by atoms with van der Waals surface area (Å²) < 4.78 is 6.12. The van der Waals surface area contributed by atoms with E-state index in [9.17, 15) is 4.79 Å².